The Morgan fingerprint density at radius 2 is 1.68 bits per heavy atom. The maximum Gasteiger partial charge on any atom is 0.274 e. The van der Waals surface area contributed by atoms with E-state index >= 15 is 0 Å². The number of nitrogens with zero attached hydrogens (tertiary/aromatic N) is 3. The Morgan fingerprint density at radius 1 is 1.07 bits per heavy atom. The zero-order chi connectivity index (χ0) is 20.5. The lowest BCUT2D eigenvalue weighted by Crippen LogP contribution is -2.27. The van der Waals surface area contributed by atoms with Gasteiger partial charge in [0.2, 0.25) is 10.0 Å². The number of nitrogens with two attached hydrogens (primary N) is 1. The SMILES string of the molecule is Cc1ccc(-n2nnc(C(=O)NC(C)c3ccc(S(N)(=O)=O)cc3)c2C)cc1. The highest BCUT2D eigenvalue weighted by atomic mass is 32.2. The van der Waals surface area contributed by atoms with Crippen LogP contribution in [0.5, 0.6) is 0 Å². The highest BCUT2D eigenvalue weighted by molar-refractivity contribution is 7.89. The number of primary sulfonamides is 1. The zero-order valence-corrected chi connectivity index (χ0v) is 16.6. The van der Waals surface area contributed by atoms with Crippen LogP contribution in [0.3, 0.4) is 0 Å². The van der Waals surface area contributed by atoms with Crippen LogP contribution in [-0.4, -0.2) is 29.3 Å². The van der Waals surface area contributed by atoms with Crippen LogP contribution in [0.15, 0.2) is 53.4 Å². The first-order valence-electron chi connectivity index (χ1n) is 8.60. The molecule has 146 valence electrons. The third-order valence-corrected chi connectivity index (χ3v) is 5.37. The van der Waals surface area contributed by atoms with Gasteiger partial charge in [0.25, 0.3) is 5.91 Å². The quantitative estimate of drug-likeness (QED) is 0.680. The van der Waals surface area contributed by atoms with Crippen LogP contribution in [0.1, 0.15) is 40.3 Å². The van der Waals surface area contributed by atoms with Gasteiger partial charge in [0.15, 0.2) is 5.69 Å². The molecule has 1 aromatic heterocycles. The molecule has 1 unspecified atom stereocenters. The molecule has 28 heavy (non-hydrogen) atoms. The normalized spacial score (nSPS) is 12.6. The molecule has 8 nitrogen and oxygen atoms in total. The molecule has 0 aliphatic rings. The molecule has 0 aliphatic heterocycles. The smallest absolute Gasteiger partial charge is 0.274 e. The lowest BCUT2D eigenvalue weighted by Gasteiger charge is -2.14. The summed E-state index contributed by atoms with van der Waals surface area (Å²) in [4.78, 5) is 12.7. The Labute approximate surface area is 163 Å². The van der Waals surface area contributed by atoms with Gasteiger partial charge in [0.05, 0.1) is 22.3 Å². The third-order valence-electron chi connectivity index (χ3n) is 4.44. The van der Waals surface area contributed by atoms with Gasteiger partial charge in [0.1, 0.15) is 0 Å². The summed E-state index contributed by atoms with van der Waals surface area (Å²) in [5, 5.41) is 16.0. The van der Waals surface area contributed by atoms with Crippen molar-refractivity contribution in [3.8, 4) is 5.69 Å². The van der Waals surface area contributed by atoms with E-state index in [0.717, 1.165) is 16.8 Å². The van der Waals surface area contributed by atoms with Crippen molar-refractivity contribution in [2.75, 3.05) is 0 Å². The highest BCUT2D eigenvalue weighted by Crippen LogP contribution is 2.17. The zero-order valence-electron chi connectivity index (χ0n) is 15.7. The predicted molar refractivity (Wildman–Crippen MR) is 105 cm³/mol. The van der Waals surface area contributed by atoms with Crippen molar-refractivity contribution in [1.82, 2.24) is 20.3 Å². The van der Waals surface area contributed by atoms with E-state index in [2.05, 4.69) is 15.6 Å². The first-order valence-corrected chi connectivity index (χ1v) is 10.1. The van der Waals surface area contributed by atoms with E-state index in [1.54, 1.807) is 30.7 Å². The Kier molecular flexibility index (Phi) is 5.30. The molecule has 9 heteroatoms. The second kappa shape index (κ2) is 7.53. The molecule has 1 atom stereocenters. The van der Waals surface area contributed by atoms with Crippen molar-refractivity contribution in [2.45, 2.75) is 31.7 Å². The first-order chi connectivity index (χ1) is 13.2. The van der Waals surface area contributed by atoms with Crippen molar-refractivity contribution < 1.29 is 13.2 Å². The van der Waals surface area contributed by atoms with E-state index < -0.39 is 10.0 Å². The second-order valence-electron chi connectivity index (χ2n) is 6.58. The Bertz CT molecular complexity index is 1100. The van der Waals surface area contributed by atoms with Crippen LogP contribution in [0.2, 0.25) is 0 Å². The van der Waals surface area contributed by atoms with Gasteiger partial charge < -0.3 is 5.32 Å². The average Bonchev–Trinajstić information content (AvgIpc) is 3.03. The summed E-state index contributed by atoms with van der Waals surface area (Å²) >= 11 is 0. The number of sulfonamides is 1. The number of hydrogen-bond acceptors (Lipinski definition) is 5. The van der Waals surface area contributed by atoms with Gasteiger partial charge in [-0.2, -0.15) is 0 Å². The number of carbonyl (C=O) groups excluding carboxylic acids is 1. The lowest BCUT2D eigenvalue weighted by atomic mass is 10.1. The summed E-state index contributed by atoms with van der Waals surface area (Å²) in [6, 6.07) is 13.4. The molecule has 1 heterocycles. The topological polar surface area (TPSA) is 120 Å². The van der Waals surface area contributed by atoms with E-state index in [1.807, 2.05) is 31.2 Å². The number of rotatable bonds is 5. The fraction of sp³-hybridized carbons (Fsp3) is 0.211. The number of aryl methyl sites for hydroxylation is 1. The lowest BCUT2D eigenvalue weighted by molar-refractivity contribution is 0.0934. The Balaban J connectivity index is 1.77. The molecule has 0 radical (unpaired) electrons. The van der Waals surface area contributed by atoms with Gasteiger partial charge >= 0.3 is 0 Å². The van der Waals surface area contributed by atoms with E-state index in [4.69, 9.17) is 5.14 Å². The number of hydrogen-bond donors (Lipinski definition) is 2. The monoisotopic (exact) mass is 399 g/mol. The minimum atomic E-state index is -3.75. The highest BCUT2D eigenvalue weighted by Gasteiger charge is 2.20. The number of carbonyl (C=O) groups is 1. The molecule has 0 saturated carbocycles. The maximum absolute atomic E-state index is 12.6. The van der Waals surface area contributed by atoms with Crippen molar-refractivity contribution in [1.29, 1.82) is 0 Å². The van der Waals surface area contributed by atoms with Gasteiger partial charge in [-0.15, -0.1) is 5.10 Å². The summed E-state index contributed by atoms with van der Waals surface area (Å²) in [5.41, 5.74) is 3.54. The van der Waals surface area contributed by atoms with Crippen molar-refractivity contribution in [2.24, 2.45) is 5.14 Å². The van der Waals surface area contributed by atoms with E-state index in [1.165, 1.54) is 12.1 Å². The second-order valence-corrected chi connectivity index (χ2v) is 8.14. The average molecular weight is 399 g/mol. The molecule has 1 amide bonds. The Hall–Kier alpha value is -3.04. The number of aromatic nitrogens is 3. The van der Waals surface area contributed by atoms with Crippen molar-refractivity contribution >= 4 is 15.9 Å². The summed E-state index contributed by atoms with van der Waals surface area (Å²) < 4.78 is 24.3. The minimum absolute atomic E-state index is 0.0201. The third kappa shape index (κ3) is 4.10. The van der Waals surface area contributed by atoms with Gasteiger partial charge in [0, 0.05) is 0 Å². The summed E-state index contributed by atoms with van der Waals surface area (Å²) in [6.07, 6.45) is 0. The largest absolute Gasteiger partial charge is 0.344 e. The molecule has 0 bridgehead atoms. The number of amides is 1. The van der Waals surface area contributed by atoms with E-state index in [-0.39, 0.29) is 22.5 Å². The predicted octanol–water partition coefficient (Wildman–Crippen LogP) is 2.02. The van der Waals surface area contributed by atoms with Crippen molar-refractivity contribution in [3.05, 3.63) is 71.0 Å². The molecule has 0 spiro atoms. The van der Waals surface area contributed by atoms with Crippen molar-refractivity contribution in [3.63, 3.8) is 0 Å². The van der Waals surface area contributed by atoms with Crippen LogP contribution < -0.4 is 10.5 Å². The fourth-order valence-electron chi connectivity index (χ4n) is 2.76. The van der Waals surface area contributed by atoms with Gasteiger partial charge in [-0.3, -0.25) is 4.79 Å². The van der Waals surface area contributed by atoms with Crippen LogP contribution in [0, 0.1) is 13.8 Å². The van der Waals surface area contributed by atoms with Crippen LogP contribution >= 0.6 is 0 Å². The molecule has 2 aromatic carbocycles. The minimum Gasteiger partial charge on any atom is -0.344 e. The summed E-state index contributed by atoms with van der Waals surface area (Å²) in [5.74, 6) is -0.362. The van der Waals surface area contributed by atoms with E-state index in [9.17, 15) is 13.2 Å². The summed E-state index contributed by atoms with van der Waals surface area (Å²) in [7, 11) is -3.75. The van der Waals surface area contributed by atoms with Gasteiger partial charge in [-0.05, 0) is 50.6 Å². The number of benzene rings is 2. The molecular formula is C19H21N5O3S. The fourth-order valence-corrected chi connectivity index (χ4v) is 3.28. The van der Waals surface area contributed by atoms with Crippen LogP contribution in [0.25, 0.3) is 5.69 Å². The molecule has 3 aromatic rings. The van der Waals surface area contributed by atoms with Gasteiger partial charge in [-0.1, -0.05) is 35.0 Å². The molecule has 0 aliphatic carbocycles. The van der Waals surface area contributed by atoms with E-state index in [0.29, 0.717) is 5.69 Å². The maximum atomic E-state index is 12.6. The Morgan fingerprint density at radius 3 is 2.25 bits per heavy atom. The molecule has 3 rings (SSSR count). The molecule has 3 N–H and O–H groups in total. The molecule has 0 fully saturated rings. The number of nitrogens with one attached hydrogen (secondary N) is 1. The van der Waals surface area contributed by atoms with Crippen LogP contribution in [-0.2, 0) is 10.0 Å². The molecular weight excluding hydrogens is 378 g/mol. The molecule has 0 saturated heterocycles. The first kappa shape index (κ1) is 19.7. The summed E-state index contributed by atoms with van der Waals surface area (Å²) in [6.45, 7) is 5.57. The van der Waals surface area contributed by atoms with Gasteiger partial charge in [-0.25, -0.2) is 18.2 Å². The standard InChI is InChI=1S/C19H21N5O3S/c1-12-4-8-16(9-5-12)24-14(3)18(22-23-24)19(25)21-13(2)15-6-10-17(11-7-15)28(20,26)27/h4-11,13H,1-3H3,(H,21,25)(H2,20,26,27). The van der Waals surface area contributed by atoms with Crippen LogP contribution in [0.4, 0.5) is 0 Å².